The zero-order valence-corrected chi connectivity index (χ0v) is 9.29. The van der Waals surface area contributed by atoms with Crippen molar-refractivity contribution in [3.63, 3.8) is 0 Å². The molecule has 1 heterocycles. The summed E-state index contributed by atoms with van der Waals surface area (Å²) in [5.41, 5.74) is 0. The fraction of sp³-hybridized carbons (Fsp3) is 1.00. The lowest BCUT2D eigenvalue weighted by atomic mass is 10.0. The van der Waals surface area contributed by atoms with Crippen LogP contribution in [0.15, 0.2) is 0 Å². The smallest absolute Gasteiger partial charge is 0.00853 e. The monoisotopic (exact) mass is 187 g/mol. The number of thioether (sulfide) groups is 1. The summed E-state index contributed by atoms with van der Waals surface area (Å²) in [5.74, 6) is 3.46. The van der Waals surface area contributed by atoms with Gasteiger partial charge in [-0.2, -0.15) is 11.8 Å². The van der Waals surface area contributed by atoms with E-state index in [-0.39, 0.29) is 0 Å². The first-order chi connectivity index (χ1) is 5.70. The molecule has 1 aliphatic heterocycles. The minimum Gasteiger partial charge on any atom is -0.311 e. The van der Waals surface area contributed by atoms with E-state index in [4.69, 9.17) is 0 Å². The zero-order valence-electron chi connectivity index (χ0n) is 8.47. The molecule has 1 rings (SSSR count). The maximum absolute atomic E-state index is 3.70. The van der Waals surface area contributed by atoms with Crippen LogP contribution in [0.2, 0.25) is 0 Å². The minimum absolute atomic E-state index is 0.679. The Bertz CT molecular complexity index is 119. The first-order valence-electron chi connectivity index (χ1n) is 5.04. The normalized spacial score (nSPS) is 23.0. The van der Waals surface area contributed by atoms with Gasteiger partial charge in [0.1, 0.15) is 0 Å². The second-order valence-electron chi connectivity index (χ2n) is 4.09. The summed E-state index contributed by atoms with van der Waals surface area (Å²) in [6, 6.07) is 1.47. The molecular weight excluding hydrogens is 166 g/mol. The van der Waals surface area contributed by atoms with Crippen molar-refractivity contribution >= 4 is 11.8 Å². The van der Waals surface area contributed by atoms with Gasteiger partial charge in [-0.1, -0.05) is 13.8 Å². The average molecular weight is 187 g/mol. The molecule has 2 heteroatoms. The molecule has 0 aromatic heterocycles. The maximum Gasteiger partial charge on any atom is 0.00853 e. The first kappa shape index (κ1) is 10.4. The average Bonchev–Trinajstić information content (AvgIpc) is 2.06. The molecule has 0 aromatic carbocycles. The van der Waals surface area contributed by atoms with Crippen LogP contribution in [0.25, 0.3) is 0 Å². The van der Waals surface area contributed by atoms with E-state index in [0.29, 0.717) is 6.04 Å². The Morgan fingerprint density at radius 1 is 1.17 bits per heavy atom. The number of nitrogens with one attached hydrogen (secondary N) is 1. The van der Waals surface area contributed by atoms with Gasteiger partial charge in [0.25, 0.3) is 0 Å². The fourth-order valence-corrected chi connectivity index (χ4v) is 2.53. The van der Waals surface area contributed by atoms with Crippen molar-refractivity contribution in [1.29, 1.82) is 0 Å². The highest BCUT2D eigenvalue weighted by Gasteiger charge is 2.16. The van der Waals surface area contributed by atoms with E-state index in [9.17, 15) is 0 Å². The van der Waals surface area contributed by atoms with Crippen molar-refractivity contribution in [3.8, 4) is 0 Å². The molecule has 0 aliphatic carbocycles. The molecule has 0 bridgehead atoms. The van der Waals surface area contributed by atoms with Crippen LogP contribution >= 0.6 is 11.8 Å². The van der Waals surface area contributed by atoms with Gasteiger partial charge in [-0.05, 0) is 37.2 Å². The van der Waals surface area contributed by atoms with Crippen molar-refractivity contribution in [1.82, 2.24) is 5.32 Å². The van der Waals surface area contributed by atoms with Gasteiger partial charge < -0.3 is 5.32 Å². The molecule has 1 saturated heterocycles. The largest absolute Gasteiger partial charge is 0.311 e. The first-order valence-corrected chi connectivity index (χ1v) is 6.19. The topological polar surface area (TPSA) is 12.0 Å². The van der Waals surface area contributed by atoms with Crippen molar-refractivity contribution in [2.45, 2.75) is 45.7 Å². The SMILES string of the molecule is CC(C)C(C)NC1CCSCC1. The Labute approximate surface area is 80.7 Å². The molecular formula is C10H21NS. The highest BCUT2D eigenvalue weighted by atomic mass is 32.2. The molecule has 1 N–H and O–H groups in total. The van der Waals surface area contributed by atoms with Crippen LogP contribution in [-0.4, -0.2) is 23.6 Å². The van der Waals surface area contributed by atoms with Crippen molar-refractivity contribution in [3.05, 3.63) is 0 Å². The summed E-state index contributed by atoms with van der Waals surface area (Å²) >= 11 is 2.09. The summed E-state index contributed by atoms with van der Waals surface area (Å²) in [5, 5.41) is 3.70. The minimum atomic E-state index is 0.679. The Kier molecular flexibility index (Phi) is 4.44. The summed E-state index contributed by atoms with van der Waals surface area (Å²) in [6.07, 6.45) is 2.73. The van der Waals surface area contributed by atoms with Crippen LogP contribution < -0.4 is 5.32 Å². The highest BCUT2D eigenvalue weighted by molar-refractivity contribution is 7.99. The summed E-state index contributed by atoms with van der Waals surface area (Å²) in [4.78, 5) is 0. The zero-order chi connectivity index (χ0) is 8.97. The second kappa shape index (κ2) is 5.13. The summed E-state index contributed by atoms with van der Waals surface area (Å²) in [6.45, 7) is 6.87. The Morgan fingerprint density at radius 2 is 1.75 bits per heavy atom. The molecule has 1 fully saturated rings. The van der Waals surface area contributed by atoms with E-state index in [1.807, 2.05) is 0 Å². The van der Waals surface area contributed by atoms with E-state index < -0.39 is 0 Å². The number of hydrogen-bond acceptors (Lipinski definition) is 2. The van der Waals surface area contributed by atoms with E-state index in [2.05, 4.69) is 37.8 Å². The summed E-state index contributed by atoms with van der Waals surface area (Å²) < 4.78 is 0. The molecule has 1 aliphatic rings. The van der Waals surface area contributed by atoms with E-state index in [0.717, 1.165) is 12.0 Å². The Morgan fingerprint density at radius 3 is 2.25 bits per heavy atom. The van der Waals surface area contributed by atoms with Crippen LogP contribution in [-0.2, 0) is 0 Å². The standard InChI is InChI=1S/C10H21NS/c1-8(2)9(3)11-10-4-6-12-7-5-10/h8-11H,4-7H2,1-3H3. The summed E-state index contributed by atoms with van der Waals surface area (Å²) in [7, 11) is 0. The predicted molar refractivity (Wildman–Crippen MR) is 57.8 cm³/mol. The van der Waals surface area contributed by atoms with Crippen LogP contribution in [0, 0.1) is 5.92 Å². The van der Waals surface area contributed by atoms with Gasteiger partial charge in [0.05, 0.1) is 0 Å². The van der Waals surface area contributed by atoms with Gasteiger partial charge in [0, 0.05) is 12.1 Å². The molecule has 0 spiro atoms. The van der Waals surface area contributed by atoms with E-state index >= 15 is 0 Å². The molecule has 72 valence electrons. The van der Waals surface area contributed by atoms with E-state index in [1.54, 1.807) is 0 Å². The van der Waals surface area contributed by atoms with Gasteiger partial charge in [-0.15, -0.1) is 0 Å². The van der Waals surface area contributed by atoms with Crippen LogP contribution in [0.1, 0.15) is 33.6 Å². The molecule has 0 amide bonds. The predicted octanol–water partition coefficient (Wildman–Crippen LogP) is 2.52. The molecule has 1 atom stereocenters. The van der Waals surface area contributed by atoms with Crippen molar-refractivity contribution in [2.75, 3.05) is 11.5 Å². The lowest BCUT2D eigenvalue weighted by Gasteiger charge is -2.28. The fourth-order valence-electron chi connectivity index (χ4n) is 1.43. The van der Waals surface area contributed by atoms with E-state index in [1.165, 1.54) is 24.3 Å². The van der Waals surface area contributed by atoms with Crippen LogP contribution in [0.5, 0.6) is 0 Å². The van der Waals surface area contributed by atoms with Gasteiger partial charge in [-0.3, -0.25) is 0 Å². The second-order valence-corrected chi connectivity index (χ2v) is 5.31. The molecule has 12 heavy (non-hydrogen) atoms. The Hall–Kier alpha value is 0.310. The van der Waals surface area contributed by atoms with Crippen molar-refractivity contribution < 1.29 is 0 Å². The van der Waals surface area contributed by atoms with Gasteiger partial charge in [0.2, 0.25) is 0 Å². The lowest BCUT2D eigenvalue weighted by molar-refractivity contribution is 0.358. The molecule has 1 unspecified atom stereocenters. The van der Waals surface area contributed by atoms with Gasteiger partial charge in [-0.25, -0.2) is 0 Å². The van der Waals surface area contributed by atoms with Gasteiger partial charge in [0.15, 0.2) is 0 Å². The lowest BCUT2D eigenvalue weighted by Crippen LogP contribution is -2.41. The number of hydrogen-bond donors (Lipinski definition) is 1. The van der Waals surface area contributed by atoms with Crippen molar-refractivity contribution in [2.24, 2.45) is 5.92 Å². The Balaban J connectivity index is 2.20. The van der Waals surface area contributed by atoms with Crippen LogP contribution in [0.3, 0.4) is 0 Å². The third-order valence-corrected chi connectivity index (χ3v) is 3.77. The maximum atomic E-state index is 3.70. The van der Waals surface area contributed by atoms with Crippen LogP contribution in [0.4, 0.5) is 0 Å². The molecule has 1 nitrogen and oxygen atoms in total. The quantitative estimate of drug-likeness (QED) is 0.728. The molecule has 0 radical (unpaired) electrons. The van der Waals surface area contributed by atoms with Gasteiger partial charge >= 0.3 is 0 Å². The molecule has 0 saturated carbocycles. The third-order valence-electron chi connectivity index (χ3n) is 2.72. The third kappa shape index (κ3) is 3.36. The number of rotatable bonds is 3. The highest BCUT2D eigenvalue weighted by Crippen LogP contribution is 2.18. The molecule has 0 aromatic rings.